The molecule has 0 unspecified atom stereocenters. The number of nitrogens with zero attached hydrogens (tertiary/aromatic N) is 1. The highest BCUT2D eigenvalue weighted by molar-refractivity contribution is 7.91. The smallest absolute Gasteiger partial charge is 0.351 e. The molecule has 0 N–H and O–H groups in total. The van der Waals surface area contributed by atoms with Crippen LogP contribution in [0.2, 0.25) is 0 Å². The molecule has 4 rings (SSSR count). The van der Waals surface area contributed by atoms with E-state index in [1.165, 1.54) is 0 Å². The zero-order valence-electron chi connectivity index (χ0n) is 16.1. The van der Waals surface area contributed by atoms with Crippen LogP contribution in [0, 0.1) is 0 Å². The second kappa shape index (κ2) is 8.22. The molecular formula is C20H25NO7S. The lowest BCUT2D eigenvalue weighted by atomic mass is 10.1. The molecule has 1 aliphatic carbocycles. The van der Waals surface area contributed by atoms with Crippen LogP contribution in [0.25, 0.3) is 0 Å². The Morgan fingerprint density at radius 2 is 1.79 bits per heavy atom. The van der Waals surface area contributed by atoms with Crippen molar-refractivity contribution in [2.24, 2.45) is 0 Å². The van der Waals surface area contributed by atoms with Gasteiger partial charge in [0.05, 0.1) is 11.5 Å². The number of rotatable bonds is 5. The van der Waals surface area contributed by atoms with E-state index in [-0.39, 0.29) is 36.1 Å². The molecule has 1 aromatic carbocycles. The standard InChI is InChI=1S/C20H25NO7S/c22-19(21(14-5-1-2-6-14)15-9-10-29(24,25)13-15)12-27-20(23)18-11-26-16-7-3-4-8-17(16)28-18/h3-4,7-8,14-15,18H,1-2,5-6,9-13H2/t15-,18-/m1/s1. The van der Waals surface area contributed by atoms with E-state index in [1.54, 1.807) is 29.2 Å². The summed E-state index contributed by atoms with van der Waals surface area (Å²) in [5.74, 6) is 0.0844. The first-order valence-electron chi connectivity index (χ1n) is 10.00. The molecule has 9 heteroatoms. The van der Waals surface area contributed by atoms with Crippen molar-refractivity contribution in [2.75, 3.05) is 24.7 Å². The number of para-hydroxylation sites is 2. The first-order chi connectivity index (χ1) is 13.9. The SMILES string of the molecule is O=C(OCC(=O)N(C1CCCC1)[C@@H]1CCS(=O)(=O)C1)[C@H]1COc2ccccc2O1. The van der Waals surface area contributed by atoms with E-state index in [0.29, 0.717) is 17.9 Å². The zero-order chi connectivity index (χ0) is 20.4. The molecule has 1 saturated carbocycles. The third-order valence-corrected chi connectivity index (χ3v) is 7.47. The molecule has 0 spiro atoms. The summed E-state index contributed by atoms with van der Waals surface area (Å²) < 4.78 is 40.1. The molecule has 2 atom stereocenters. The predicted molar refractivity (Wildman–Crippen MR) is 103 cm³/mol. The van der Waals surface area contributed by atoms with Gasteiger partial charge in [0.15, 0.2) is 27.9 Å². The summed E-state index contributed by atoms with van der Waals surface area (Å²) in [6, 6.07) is 6.70. The quantitative estimate of drug-likeness (QED) is 0.659. The molecule has 2 fully saturated rings. The van der Waals surface area contributed by atoms with Crippen LogP contribution < -0.4 is 9.47 Å². The van der Waals surface area contributed by atoms with Crippen molar-refractivity contribution in [3.63, 3.8) is 0 Å². The van der Waals surface area contributed by atoms with Crippen LogP contribution >= 0.6 is 0 Å². The van der Waals surface area contributed by atoms with Crippen LogP contribution in [0.4, 0.5) is 0 Å². The fourth-order valence-corrected chi connectivity index (χ4v) is 6.03. The molecule has 0 bridgehead atoms. The number of fused-ring (bicyclic) bond motifs is 1. The van der Waals surface area contributed by atoms with Gasteiger partial charge in [-0.15, -0.1) is 0 Å². The summed E-state index contributed by atoms with van der Waals surface area (Å²) in [5, 5.41) is 0. The van der Waals surface area contributed by atoms with Crippen molar-refractivity contribution in [1.29, 1.82) is 0 Å². The summed E-state index contributed by atoms with van der Waals surface area (Å²) in [6.07, 6.45) is 3.24. The molecule has 0 radical (unpaired) electrons. The fraction of sp³-hybridized carbons (Fsp3) is 0.600. The summed E-state index contributed by atoms with van der Waals surface area (Å²) in [6.45, 7) is -0.412. The molecule has 1 amide bonds. The summed E-state index contributed by atoms with van der Waals surface area (Å²) in [4.78, 5) is 26.9. The average Bonchev–Trinajstić information content (AvgIpc) is 3.36. The van der Waals surface area contributed by atoms with Crippen molar-refractivity contribution >= 4 is 21.7 Å². The lowest BCUT2D eigenvalue weighted by Gasteiger charge is -2.34. The lowest BCUT2D eigenvalue weighted by molar-refractivity contribution is -0.161. The number of ether oxygens (including phenoxy) is 3. The Labute approximate surface area is 170 Å². The van der Waals surface area contributed by atoms with E-state index in [0.717, 1.165) is 25.7 Å². The van der Waals surface area contributed by atoms with Crippen molar-refractivity contribution in [3.8, 4) is 11.5 Å². The minimum Gasteiger partial charge on any atom is -0.485 e. The maximum Gasteiger partial charge on any atom is 0.351 e. The molecule has 1 saturated heterocycles. The van der Waals surface area contributed by atoms with Crippen LogP contribution in [0.5, 0.6) is 11.5 Å². The number of hydrogen-bond acceptors (Lipinski definition) is 7. The van der Waals surface area contributed by atoms with Crippen molar-refractivity contribution in [2.45, 2.75) is 50.3 Å². The van der Waals surface area contributed by atoms with Gasteiger partial charge in [0.1, 0.15) is 6.61 Å². The number of sulfone groups is 1. The normalized spacial score (nSPS) is 25.5. The molecule has 2 heterocycles. The number of hydrogen-bond donors (Lipinski definition) is 0. The van der Waals surface area contributed by atoms with Crippen molar-refractivity contribution in [1.82, 2.24) is 4.90 Å². The molecule has 0 aromatic heterocycles. The average molecular weight is 423 g/mol. The third kappa shape index (κ3) is 4.49. The number of amides is 1. The Kier molecular flexibility index (Phi) is 5.67. The van der Waals surface area contributed by atoms with E-state index in [9.17, 15) is 18.0 Å². The topological polar surface area (TPSA) is 99.2 Å². The molecular weight excluding hydrogens is 398 g/mol. The van der Waals surface area contributed by atoms with Crippen molar-refractivity contribution in [3.05, 3.63) is 24.3 Å². The number of benzene rings is 1. The minimum atomic E-state index is -3.12. The maximum atomic E-state index is 12.9. The van der Waals surface area contributed by atoms with Gasteiger partial charge < -0.3 is 19.1 Å². The second-order valence-electron chi connectivity index (χ2n) is 7.77. The van der Waals surface area contributed by atoms with Gasteiger partial charge in [-0.1, -0.05) is 25.0 Å². The van der Waals surface area contributed by atoms with Crippen LogP contribution in [-0.4, -0.2) is 68.1 Å². The molecule has 1 aromatic rings. The molecule has 2 aliphatic heterocycles. The van der Waals surface area contributed by atoms with Crippen LogP contribution in [0.15, 0.2) is 24.3 Å². The van der Waals surface area contributed by atoms with Gasteiger partial charge in [-0.2, -0.15) is 0 Å². The number of carbonyl (C=O) groups excluding carboxylic acids is 2. The van der Waals surface area contributed by atoms with E-state index in [2.05, 4.69) is 0 Å². The first-order valence-corrected chi connectivity index (χ1v) is 11.8. The fourth-order valence-electron chi connectivity index (χ4n) is 4.32. The summed E-state index contributed by atoms with van der Waals surface area (Å²) >= 11 is 0. The largest absolute Gasteiger partial charge is 0.485 e. The Morgan fingerprint density at radius 3 is 2.48 bits per heavy atom. The molecule has 8 nitrogen and oxygen atoms in total. The van der Waals surface area contributed by atoms with Gasteiger partial charge in [0.25, 0.3) is 5.91 Å². The molecule has 3 aliphatic rings. The summed E-state index contributed by atoms with van der Waals surface area (Å²) in [5.41, 5.74) is 0. The minimum absolute atomic E-state index is 0.0112. The highest BCUT2D eigenvalue weighted by atomic mass is 32.2. The van der Waals surface area contributed by atoms with Gasteiger partial charge in [-0.05, 0) is 31.4 Å². The van der Waals surface area contributed by atoms with Crippen LogP contribution in [0.3, 0.4) is 0 Å². The predicted octanol–water partition coefficient (Wildman–Crippen LogP) is 1.33. The van der Waals surface area contributed by atoms with Gasteiger partial charge >= 0.3 is 5.97 Å². The Morgan fingerprint density at radius 1 is 1.07 bits per heavy atom. The highest BCUT2D eigenvalue weighted by Gasteiger charge is 2.39. The molecule has 29 heavy (non-hydrogen) atoms. The second-order valence-corrected chi connectivity index (χ2v) is 10.00. The van der Waals surface area contributed by atoms with Crippen molar-refractivity contribution < 1.29 is 32.2 Å². The third-order valence-electron chi connectivity index (χ3n) is 5.72. The van der Waals surface area contributed by atoms with Gasteiger partial charge in [0.2, 0.25) is 6.10 Å². The monoisotopic (exact) mass is 423 g/mol. The van der Waals surface area contributed by atoms with E-state index < -0.39 is 28.5 Å². The van der Waals surface area contributed by atoms with E-state index >= 15 is 0 Å². The van der Waals surface area contributed by atoms with Gasteiger partial charge in [0, 0.05) is 12.1 Å². The Bertz CT molecular complexity index is 879. The highest BCUT2D eigenvalue weighted by Crippen LogP contribution is 2.31. The Hall–Kier alpha value is -2.29. The maximum absolute atomic E-state index is 12.9. The zero-order valence-corrected chi connectivity index (χ0v) is 16.9. The van der Waals surface area contributed by atoms with Gasteiger partial charge in [-0.3, -0.25) is 4.79 Å². The number of esters is 1. The molecule has 158 valence electrons. The van der Waals surface area contributed by atoms with Crippen LogP contribution in [0.1, 0.15) is 32.1 Å². The summed E-state index contributed by atoms with van der Waals surface area (Å²) in [7, 11) is -3.12. The van der Waals surface area contributed by atoms with E-state index in [1.807, 2.05) is 0 Å². The van der Waals surface area contributed by atoms with E-state index in [4.69, 9.17) is 14.2 Å². The van der Waals surface area contributed by atoms with Gasteiger partial charge in [-0.25, -0.2) is 13.2 Å². The first kappa shape index (κ1) is 20.0. The lowest BCUT2D eigenvalue weighted by Crippen LogP contribution is -2.49. The number of carbonyl (C=O) groups is 2. The van der Waals surface area contributed by atoms with Crippen LogP contribution in [-0.2, 0) is 24.2 Å². The Balaban J connectivity index is 1.37.